The van der Waals surface area contributed by atoms with Crippen molar-refractivity contribution in [2.75, 3.05) is 19.0 Å². The molecule has 0 radical (unpaired) electrons. The summed E-state index contributed by atoms with van der Waals surface area (Å²) in [5, 5.41) is 2.01. The third-order valence-corrected chi connectivity index (χ3v) is 6.33. The van der Waals surface area contributed by atoms with Crippen LogP contribution in [0.5, 0.6) is 0 Å². The number of alkyl halides is 1. The Bertz CT molecular complexity index is 762. The zero-order valence-electron chi connectivity index (χ0n) is 17.6. The smallest absolute Gasteiger partial charge is 0.242 e. The van der Waals surface area contributed by atoms with Crippen molar-refractivity contribution in [2.24, 2.45) is 5.41 Å². The molecule has 2 rings (SSSR count). The van der Waals surface area contributed by atoms with Crippen molar-refractivity contribution in [3.8, 4) is 0 Å². The van der Waals surface area contributed by atoms with Crippen LogP contribution in [-0.4, -0.2) is 40.6 Å². The van der Waals surface area contributed by atoms with Gasteiger partial charge < -0.3 is 9.80 Å². The third kappa shape index (κ3) is 7.16. The first kappa shape index (κ1) is 23.4. The Balaban J connectivity index is 2.18. The second kappa shape index (κ2) is 11.4. The minimum atomic E-state index is -0.687. The summed E-state index contributed by atoms with van der Waals surface area (Å²) in [6.45, 7) is 7.46. The van der Waals surface area contributed by atoms with E-state index in [1.165, 1.54) is 0 Å². The van der Waals surface area contributed by atoms with Gasteiger partial charge in [0.1, 0.15) is 0 Å². The SMILES string of the molecule is CCCCN(CC(=O)N(Cc1ccccc1)Cc1cccs1)C(=O)C(C)(C)CCl. The summed E-state index contributed by atoms with van der Waals surface area (Å²) in [6.07, 6.45) is 1.82. The van der Waals surface area contributed by atoms with Crippen LogP contribution in [0.15, 0.2) is 47.8 Å². The first-order valence-corrected chi connectivity index (χ1v) is 11.5. The highest BCUT2D eigenvalue weighted by atomic mass is 35.5. The number of hydrogen-bond acceptors (Lipinski definition) is 3. The van der Waals surface area contributed by atoms with Crippen molar-refractivity contribution in [3.63, 3.8) is 0 Å². The van der Waals surface area contributed by atoms with E-state index >= 15 is 0 Å². The zero-order valence-corrected chi connectivity index (χ0v) is 19.1. The predicted octanol–water partition coefficient (Wildman–Crippen LogP) is 5.17. The summed E-state index contributed by atoms with van der Waals surface area (Å²) < 4.78 is 0. The average molecular weight is 435 g/mol. The predicted molar refractivity (Wildman–Crippen MR) is 121 cm³/mol. The molecular weight excluding hydrogens is 404 g/mol. The molecule has 0 aliphatic rings. The van der Waals surface area contributed by atoms with Gasteiger partial charge in [-0.05, 0) is 37.3 Å². The number of amides is 2. The van der Waals surface area contributed by atoms with Gasteiger partial charge in [0.25, 0.3) is 0 Å². The number of unbranched alkanes of at least 4 members (excludes halogenated alkanes) is 1. The Morgan fingerprint density at radius 3 is 2.34 bits per heavy atom. The van der Waals surface area contributed by atoms with Gasteiger partial charge in [-0.2, -0.15) is 0 Å². The molecule has 0 saturated heterocycles. The van der Waals surface area contributed by atoms with Crippen LogP contribution in [-0.2, 0) is 22.7 Å². The van der Waals surface area contributed by atoms with Gasteiger partial charge >= 0.3 is 0 Å². The summed E-state index contributed by atoms with van der Waals surface area (Å²) in [6, 6.07) is 14.0. The number of hydrogen-bond donors (Lipinski definition) is 0. The molecule has 29 heavy (non-hydrogen) atoms. The summed E-state index contributed by atoms with van der Waals surface area (Å²) in [5.74, 6) is 0.119. The van der Waals surface area contributed by atoms with E-state index in [1.54, 1.807) is 16.2 Å². The maximum absolute atomic E-state index is 13.3. The standard InChI is InChI=1S/C23H31ClN2O2S/c1-4-5-13-25(22(28)23(2,3)18-24)17-21(27)26(16-20-12-9-14-29-20)15-19-10-7-6-8-11-19/h6-12,14H,4-5,13,15-18H2,1-3H3. The second-order valence-electron chi connectivity index (χ2n) is 7.91. The van der Waals surface area contributed by atoms with Crippen molar-refractivity contribution in [2.45, 2.75) is 46.7 Å². The number of halogens is 1. The average Bonchev–Trinajstić information content (AvgIpc) is 3.23. The first-order valence-electron chi connectivity index (χ1n) is 10.1. The fraction of sp³-hybridized carbons (Fsp3) is 0.478. The van der Waals surface area contributed by atoms with E-state index < -0.39 is 5.41 Å². The van der Waals surface area contributed by atoms with Gasteiger partial charge in [-0.1, -0.05) is 49.7 Å². The second-order valence-corrected chi connectivity index (χ2v) is 9.21. The molecule has 0 atom stereocenters. The lowest BCUT2D eigenvalue weighted by molar-refractivity contribution is -0.146. The molecule has 0 bridgehead atoms. The van der Waals surface area contributed by atoms with Crippen molar-refractivity contribution in [1.29, 1.82) is 0 Å². The van der Waals surface area contributed by atoms with Gasteiger partial charge in [-0.3, -0.25) is 9.59 Å². The fourth-order valence-electron chi connectivity index (χ4n) is 2.98. The van der Waals surface area contributed by atoms with Crippen molar-refractivity contribution in [3.05, 3.63) is 58.3 Å². The Labute approximate surface area is 183 Å². The van der Waals surface area contributed by atoms with Gasteiger partial charge in [0, 0.05) is 23.8 Å². The third-order valence-electron chi connectivity index (χ3n) is 4.80. The topological polar surface area (TPSA) is 40.6 Å². The van der Waals surface area contributed by atoms with E-state index in [0.29, 0.717) is 19.6 Å². The molecule has 6 heteroatoms. The summed E-state index contributed by atoms with van der Waals surface area (Å²) in [7, 11) is 0. The number of benzene rings is 1. The largest absolute Gasteiger partial charge is 0.333 e. The Morgan fingerprint density at radius 2 is 1.76 bits per heavy atom. The zero-order chi connectivity index (χ0) is 21.3. The molecule has 0 N–H and O–H groups in total. The van der Waals surface area contributed by atoms with E-state index in [4.69, 9.17) is 11.6 Å². The van der Waals surface area contributed by atoms with Crippen molar-refractivity contribution < 1.29 is 9.59 Å². The highest BCUT2D eigenvalue weighted by Crippen LogP contribution is 2.22. The molecule has 0 unspecified atom stereocenters. The Hall–Kier alpha value is -1.85. The molecule has 0 spiro atoms. The molecule has 0 aliphatic heterocycles. The van der Waals surface area contributed by atoms with Gasteiger partial charge in [0.05, 0.1) is 18.5 Å². The van der Waals surface area contributed by atoms with Crippen LogP contribution >= 0.6 is 22.9 Å². The Morgan fingerprint density at radius 1 is 1.03 bits per heavy atom. The monoisotopic (exact) mass is 434 g/mol. The molecule has 4 nitrogen and oxygen atoms in total. The lowest BCUT2D eigenvalue weighted by atomic mass is 9.94. The van der Waals surface area contributed by atoms with Crippen LogP contribution in [0.1, 0.15) is 44.1 Å². The number of carbonyl (C=O) groups excluding carboxylic acids is 2. The summed E-state index contributed by atoms with van der Waals surface area (Å²) in [5.41, 5.74) is 0.387. The maximum atomic E-state index is 13.3. The van der Waals surface area contributed by atoms with Gasteiger partial charge in [-0.25, -0.2) is 0 Å². The quantitative estimate of drug-likeness (QED) is 0.457. The lowest BCUT2D eigenvalue weighted by Crippen LogP contribution is -2.47. The molecule has 0 aliphatic carbocycles. The highest BCUT2D eigenvalue weighted by molar-refractivity contribution is 7.09. The Kier molecular flexibility index (Phi) is 9.18. The number of carbonyl (C=O) groups is 2. The van der Waals surface area contributed by atoms with Crippen molar-refractivity contribution in [1.82, 2.24) is 9.80 Å². The van der Waals surface area contributed by atoms with E-state index in [0.717, 1.165) is 23.3 Å². The fourth-order valence-corrected chi connectivity index (χ4v) is 3.81. The first-order chi connectivity index (χ1) is 13.9. The van der Waals surface area contributed by atoms with Gasteiger partial charge in [0.2, 0.25) is 11.8 Å². The van der Waals surface area contributed by atoms with Crippen LogP contribution in [0.2, 0.25) is 0 Å². The molecule has 0 fully saturated rings. The van der Waals surface area contributed by atoms with Crippen molar-refractivity contribution >= 4 is 34.8 Å². The molecule has 1 aromatic heterocycles. The van der Waals surface area contributed by atoms with E-state index in [-0.39, 0.29) is 24.2 Å². The molecule has 158 valence electrons. The summed E-state index contributed by atoms with van der Waals surface area (Å²) >= 11 is 7.66. The minimum Gasteiger partial charge on any atom is -0.333 e. The summed E-state index contributed by atoms with van der Waals surface area (Å²) in [4.78, 5) is 30.9. The molecule has 0 saturated carbocycles. The molecule has 2 aromatic rings. The van der Waals surface area contributed by atoms with Gasteiger partial charge in [-0.15, -0.1) is 22.9 Å². The molecule has 2 amide bonds. The van der Waals surface area contributed by atoms with Crippen LogP contribution in [0, 0.1) is 5.41 Å². The van der Waals surface area contributed by atoms with E-state index in [2.05, 4.69) is 6.92 Å². The number of rotatable bonds is 11. The van der Waals surface area contributed by atoms with E-state index in [1.807, 2.05) is 66.6 Å². The molecule has 1 heterocycles. The van der Waals surface area contributed by atoms with Crippen LogP contribution in [0.25, 0.3) is 0 Å². The number of thiophene rings is 1. The lowest BCUT2D eigenvalue weighted by Gasteiger charge is -2.32. The van der Waals surface area contributed by atoms with Crippen LogP contribution in [0.4, 0.5) is 0 Å². The highest BCUT2D eigenvalue weighted by Gasteiger charge is 2.32. The van der Waals surface area contributed by atoms with Gasteiger partial charge in [0.15, 0.2) is 0 Å². The number of nitrogens with zero attached hydrogens (tertiary/aromatic N) is 2. The minimum absolute atomic E-state index is 0.0444. The maximum Gasteiger partial charge on any atom is 0.242 e. The molecular formula is C23H31ClN2O2S. The van der Waals surface area contributed by atoms with Crippen LogP contribution in [0.3, 0.4) is 0 Å². The van der Waals surface area contributed by atoms with E-state index in [9.17, 15) is 9.59 Å². The molecule has 1 aromatic carbocycles. The van der Waals surface area contributed by atoms with Crippen LogP contribution < -0.4 is 0 Å². The normalized spacial score (nSPS) is 11.3.